The Morgan fingerprint density at radius 1 is 1.19 bits per heavy atom. The minimum absolute atomic E-state index is 0.165. The summed E-state index contributed by atoms with van der Waals surface area (Å²) < 4.78 is 13.4. The molecule has 3 N–H and O–H groups in total. The van der Waals surface area contributed by atoms with Crippen molar-refractivity contribution < 1.29 is 9.18 Å². The number of carbonyl (C=O) groups excluding carboxylic acids is 1. The lowest BCUT2D eigenvalue weighted by atomic mass is 9.94. The first kappa shape index (κ1) is 19.5. The zero-order chi connectivity index (χ0) is 22.4. The van der Waals surface area contributed by atoms with E-state index in [1.165, 1.54) is 12.1 Å². The topological polar surface area (TPSA) is 98.8 Å². The van der Waals surface area contributed by atoms with Gasteiger partial charge in [-0.2, -0.15) is 10.4 Å². The van der Waals surface area contributed by atoms with E-state index in [9.17, 15) is 9.18 Å². The van der Waals surface area contributed by atoms with Gasteiger partial charge in [-0.1, -0.05) is 18.7 Å². The highest BCUT2D eigenvalue weighted by molar-refractivity contribution is 6.06. The molecule has 0 unspecified atom stereocenters. The van der Waals surface area contributed by atoms with Crippen molar-refractivity contribution in [3.8, 4) is 28.5 Å². The number of nitrogens with zero attached hydrogens (tertiary/aromatic N) is 3. The molecule has 1 amide bonds. The number of aromatic amines is 1. The number of anilines is 1. The van der Waals surface area contributed by atoms with Gasteiger partial charge in [0.05, 0.1) is 29.4 Å². The van der Waals surface area contributed by atoms with Crippen LogP contribution in [0.15, 0.2) is 66.7 Å². The third-order valence-electron chi connectivity index (χ3n) is 5.73. The number of carbonyl (C=O) groups is 1. The number of nitrogen functional groups attached to an aromatic ring is 1. The summed E-state index contributed by atoms with van der Waals surface area (Å²) in [6, 6.07) is 17.7. The third kappa shape index (κ3) is 3.10. The summed E-state index contributed by atoms with van der Waals surface area (Å²) in [5.41, 5.74) is 12.3. The van der Waals surface area contributed by atoms with Crippen LogP contribution in [0.5, 0.6) is 0 Å². The highest BCUT2D eigenvalue weighted by Crippen LogP contribution is 2.38. The Morgan fingerprint density at radius 2 is 1.94 bits per heavy atom. The molecule has 1 aliphatic heterocycles. The number of halogens is 1. The summed E-state index contributed by atoms with van der Waals surface area (Å²) in [4.78, 5) is 14.5. The van der Waals surface area contributed by atoms with E-state index in [2.05, 4.69) is 16.8 Å². The van der Waals surface area contributed by atoms with Crippen molar-refractivity contribution in [1.82, 2.24) is 15.1 Å². The van der Waals surface area contributed by atoms with Crippen molar-refractivity contribution >= 4 is 22.5 Å². The SMILES string of the molecule is C=C(C#N)CN1Cc2c(-c3ccc4[nH]nc(-c5ccc(F)cc5)c4c3)ccc(N)c2C1=O. The maximum Gasteiger partial charge on any atom is 0.256 e. The number of nitrogens with two attached hydrogens (primary N) is 1. The third-order valence-corrected chi connectivity index (χ3v) is 5.73. The first-order chi connectivity index (χ1) is 15.5. The number of H-pyrrole nitrogens is 1. The predicted octanol–water partition coefficient (Wildman–Crippen LogP) is 4.65. The van der Waals surface area contributed by atoms with E-state index in [-0.39, 0.29) is 18.3 Å². The molecule has 156 valence electrons. The van der Waals surface area contributed by atoms with Gasteiger partial charge in [-0.15, -0.1) is 0 Å². The lowest BCUT2D eigenvalue weighted by Crippen LogP contribution is -2.26. The van der Waals surface area contributed by atoms with Crippen molar-refractivity contribution in [3.63, 3.8) is 0 Å². The van der Waals surface area contributed by atoms with E-state index in [0.717, 1.165) is 38.9 Å². The molecule has 2 heterocycles. The van der Waals surface area contributed by atoms with Crippen molar-refractivity contribution in [2.75, 3.05) is 12.3 Å². The lowest BCUT2D eigenvalue weighted by Gasteiger charge is -2.14. The van der Waals surface area contributed by atoms with E-state index < -0.39 is 0 Å². The van der Waals surface area contributed by atoms with Crippen LogP contribution in [0.4, 0.5) is 10.1 Å². The van der Waals surface area contributed by atoms with Crippen LogP contribution in [0, 0.1) is 17.1 Å². The Bertz CT molecular complexity index is 1450. The molecule has 0 bridgehead atoms. The van der Waals surface area contributed by atoms with Crippen molar-refractivity contribution in [2.45, 2.75) is 6.54 Å². The van der Waals surface area contributed by atoms with E-state index in [1.54, 1.807) is 23.1 Å². The van der Waals surface area contributed by atoms with Crippen LogP contribution in [0.3, 0.4) is 0 Å². The van der Waals surface area contributed by atoms with Gasteiger partial charge in [0.1, 0.15) is 5.82 Å². The maximum atomic E-state index is 13.4. The highest BCUT2D eigenvalue weighted by atomic mass is 19.1. The fraction of sp³-hybridized carbons (Fsp3) is 0.0800. The minimum Gasteiger partial charge on any atom is -0.398 e. The lowest BCUT2D eigenvalue weighted by molar-refractivity contribution is 0.0794. The second-order valence-electron chi connectivity index (χ2n) is 7.77. The van der Waals surface area contributed by atoms with Gasteiger partial charge in [-0.3, -0.25) is 9.89 Å². The Hall–Kier alpha value is -4.44. The second-order valence-corrected chi connectivity index (χ2v) is 7.77. The summed E-state index contributed by atoms with van der Waals surface area (Å²) in [5.74, 6) is -0.507. The molecule has 5 rings (SSSR count). The molecule has 4 aromatic rings. The molecule has 32 heavy (non-hydrogen) atoms. The number of nitriles is 1. The molecule has 0 saturated heterocycles. The normalized spacial score (nSPS) is 12.8. The summed E-state index contributed by atoms with van der Waals surface area (Å²) in [6.07, 6.45) is 0. The zero-order valence-electron chi connectivity index (χ0n) is 17.0. The fourth-order valence-electron chi connectivity index (χ4n) is 4.18. The number of hydrogen-bond acceptors (Lipinski definition) is 4. The summed E-state index contributed by atoms with van der Waals surface area (Å²) in [6.45, 7) is 4.20. The van der Waals surface area contributed by atoms with Gasteiger partial charge < -0.3 is 10.6 Å². The molecule has 6 nitrogen and oxygen atoms in total. The molecule has 0 fully saturated rings. The van der Waals surface area contributed by atoms with E-state index in [0.29, 0.717) is 23.4 Å². The van der Waals surface area contributed by atoms with Crippen LogP contribution in [-0.4, -0.2) is 27.5 Å². The Labute approximate surface area is 183 Å². The van der Waals surface area contributed by atoms with Gasteiger partial charge >= 0.3 is 0 Å². The van der Waals surface area contributed by atoms with E-state index in [1.807, 2.05) is 30.3 Å². The first-order valence-electron chi connectivity index (χ1n) is 9.99. The number of hydrogen-bond donors (Lipinski definition) is 2. The molecule has 7 heteroatoms. The average Bonchev–Trinajstić information content (AvgIpc) is 3.36. The smallest absolute Gasteiger partial charge is 0.256 e. The zero-order valence-corrected chi connectivity index (χ0v) is 17.0. The quantitative estimate of drug-likeness (QED) is 0.369. The van der Waals surface area contributed by atoms with Gasteiger partial charge in [0.25, 0.3) is 5.91 Å². The van der Waals surface area contributed by atoms with Crippen molar-refractivity contribution in [1.29, 1.82) is 5.26 Å². The van der Waals surface area contributed by atoms with E-state index in [4.69, 9.17) is 11.0 Å². The average molecular weight is 423 g/mol. The molecule has 1 aliphatic rings. The maximum absolute atomic E-state index is 13.4. The van der Waals surface area contributed by atoms with Crippen LogP contribution in [0.2, 0.25) is 0 Å². The van der Waals surface area contributed by atoms with Gasteiger partial charge in [0, 0.05) is 28.8 Å². The van der Waals surface area contributed by atoms with E-state index >= 15 is 0 Å². The van der Waals surface area contributed by atoms with Crippen LogP contribution in [0.25, 0.3) is 33.3 Å². The summed E-state index contributed by atoms with van der Waals surface area (Å²) in [5, 5.41) is 17.4. The first-order valence-corrected chi connectivity index (χ1v) is 9.99. The number of fused-ring (bicyclic) bond motifs is 2. The van der Waals surface area contributed by atoms with Crippen molar-refractivity contribution in [2.24, 2.45) is 0 Å². The molecule has 0 radical (unpaired) electrons. The van der Waals surface area contributed by atoms with Gasteiger partial charge in [-0.25, -0.2) is 4.39 Å². The Balaban J connectivity index is 1.61. The van der Waals surface area contributed by atoms with Gasteiger partial charge in [0.15, 0.2) is 0 Å². The molecule has 0 atom stereocenters. The Morgan fingerprint density at radius 3 is 2.69 bits per heavy atom. The largest absolute Gasteiger partial charge is 0.398 e. The number of nitrogens with one attached hydrogen (secondary N) is 1. The highest BCUT2D eigenvalue weighted by Gasteiger charge is 2.32. The van der Waals surface area contributed by atoms with Crippen LogP contribution in [0.1, 0.15) is 15.9 Å². The fourth-order valence-corrected chi connectivity index (χ4v) is 4.18. The molecule has 0 spiro atoms. The Kier molecular flexibility index (Phi) is 4.49. The van der Waals surface area contributed by atoms with Crippen LogP contribution in [-0.2, 0) is 6.54 Å². The molecular weight excluding hydrogens is 405 g/mol. The number of rotatable bonds is 4. The number of benzene rings is 3. The predicted molar refractivity (Wildman–Crippen MR) is 121 cm³/mol. The molecule has 0 saturated carbocycles. The second kappa shape index (κ2) is 7.36. The minimum atomic E-state index is -0.306. The van der Waals surface area contributed by atoms with Gasteiger partial charge in [0.2, 0.25) is 0 Å². The van der Waals surface area contributed by atoms with Crippen molar-refractivity contribution in [3.05, 3.63) is 83.7 Å². The van der Waals surface area contributed by atoms with Gasteiger partial charge in [-0.05, 0) is 59.2 Å². The van der Waals surface area contributed by atoms with Crippen LogP contribution < -0.4 is 5.73 Å². The summed E-state index contributed by atoms with van der Waals surface area (Å²) >= 11 is 0. The van der Waals surface area contributed by atoms with Crippen LogP contribution >= 0.6 is 0 Å². The summed E-state index contributed by atoms with van der Waals surface area (Å²) in [7, 11) is 0. The number of amides is 1. The standard InChI is InChI=1S/C25H18FN5O/c1-14(11-27)12-31-13-20-18(7-8-21(28)23(20)25(31)32)16-4-9-22-19(10-16)24(30-29-22)15-2-5-17(26)6-3-15/h2-10H,1,12-13,28H2,(H,29,30). The molecule has 3 aromatic carbocycles. The monoisotopic (exact) mass is 423 g/mol. The molecule has 0 aliphatic carbocycles. The molecule has 1 aromatic heterocycles. The molecular formula is C25H18FN5O. The number of aromatic nitrogens is 2.